The molecule has 3 N–H and O–H groups in total. The Morgan fingerprint density at radius 2 is 2.19 bits per heavy atom. The van der Waals surface area contributed by atoms with Crippen molar-refractivity contribution in [3.05, 3.63) is 33.8 Å². The van der Waals surface area contributed by atoms with Crippen LogP contribution in [0, 0.1) is 5.41 Å². The summed E-state index contributed by atoms with van der Waals surface area (Å²) in [4.78, 5) is 0. The third kappa shape index (κ3) is 1.96. The smallest absolute Gasteiger partial charge is 0.0785 e. The predicted molar refractivity (Wildman–Crippen MR) is 85.1 cm³/mol. The Balaban J connectivity index is 1.70. The van der Waals surface area contributed by atoms with Crippen LogP contribution in [0.2, 0.25) is 0 Å². The van der Waals surface area contributed by atoms with Crippen LogP contribution in [0.5, 0.6) is 0 Å². The van der Waals surface area contributed by atoms with Gasteiger partial charge in [-0.15, -0.1) is 0 Å². The van der Waals surface area contributed by atoms with Gasteiger partial charge in [0, 0.05) is 22.9 Å². The van der Waals surface area contributed by atoms with E-state index in [1.54, 1.807) is 0 Å². The minimum atomic E-state index is -0.720. The molecule has 1 aromatic rings. The van der Waals surface area contributed by atoms with Crippen molar-refractivity contribution in [1.82, 2.24) is 0 Å². The highest BCUT2D eigenvalue weighted by atomic mass is 79.9. The van der Waals surface area contributed by atoms with Gasteiger partial charge in [-0.2, -0.15) is 0 Å². The second-order valence-corrected chi connectivity index (χ2v) is 7.93. The van der Waals surface area contributed by atoms with Crippen LogP contribution in [-0.4, -0.2) is 29.5 Å². The molecule has 114 valence electrons. The van der Waals surface area contributed by atoms with E-state index in [4.69, 9.17) is 10.5 Å². The molecule has 0 saturated carbocycles. The van der Waals surface area contributed by atoms with Crippen LogP contribution in [0.4, 0.5) is 0 Å². The number of fused-ring (bicyclic) bond motifs is 3. The van der Waals surface area contributed by atoms with Crippen molar-refractivity contribution >= 4 is 15.9 Å². The third-order valence-electron chi connectivity index (χ3n) is 6.07. The minimum absolute atomic E-state index is 0.148. The molecule has 0 aromatic heterocycles. The van der Waals surface area contributed by atoms with Crippen molar-refractivity contribution in [2.24, 2.45) is 11.1 Å². The van der Waals surface area contributed by atoms with Gasteiger partial charge < -0.3 is 15.6 Å². The van der Waals surface area contributed by atoms with Crippen LogP contribution >= 0.6 is 15.9 Å². The summed E-state index contributed by atoms with van der Waals surface area (Å²) in [6.07, 6.45) is 5.99. The summed E-state index contributed by atoms with van der Waals surface area (Å²) in [5.41, 5.74) is 7.82. The average molecular weight is 352 g/mol. The highest BCUT2D eigenvalue weighted by molar-refractivity contribution is 9.10. The van der Waals surface area contributed by atoms with E-state index in [0.29, 0.717) is 19.1 Å². The fourth-order valence-corrected chi connectivity index (χ4v) is 5.27. The van der Waals surface area contributed by atoms with Crippen molar-refractivity contribution in [3.63, 3.8) is 0 Å². The number of benzene rings is 1. The van der Waals surface area contributed by atoms with Crippen molar-refractivity contribution in [1.29, 1.82) is 0 Å². The third-order valence-corrected chi connectivity index (χ3v) is 6.56. The van der Waals surface area contributed by atoms with Crippen LogP contribution in [0.25, 0.3) is 0 Å². The molecule has 0 spiro atoms. The van der Waals surface area contributed by atoms with E-state index >= 15 is 0 Å². The molecule has 1 aliphatic carbocycles. The maximum absolute atomic E-state index is 11.5. The number of aliphatic hydroxyl groups is 1. The second kappa shape index (κ2) is 4.79. The first-order valence-corrected chi connectivity index (χ1v) is 8.71. The molecule has 4 heteroatoms. The summed E-state index contributed by atoms with van der Waals surface area (Å²) in [5, 5.41) is 11.5. The fraction of sp³-hybridized carbons (Fsp3) is 0.647. The maximum atomic E-state index is 11.5. The van der Waals surface area contributed by atoms with Crippen LogP contribution in [0.1, 0.15) is 36.8 Å². The average Bonchev–Trinajstić information content (AvgIpc) is 3.09. The molecule has 2 bridgehead atoms. The Morgan fingerprint density at radius 1 is 1.33 bits per heavy atom. The van der Waals surface area contributed by atoms with Gasteiger partial charge in [0.25, 0.3) is 0 Å². The number of ether oxygens (including phenoxy) is 1. The maximum Gasteiger partial charge on any atom is 0.0785 e. The zero-order valence-electron chi connectivity index (χ0n) is 12.1. The molecular weight excluding hydrogens is 330 g/mol. The summed E-state index contributed by atoms with van der Waals surface area (Å²) in [7, 11) is 0. The number of hydrogen-bond donors (Lipinski definition) is 2. The van der Waals surface area contributed by atoms with Crippen molar-refractivity contribution in [2.75, 3.05) is 6.54 Å². The Bertz CT molecular complexity index is 578. The molecule has 1 aromatic carbocycles. The number of halogens is 1. The molecule has 4 unspecified atom stereocenters. The van der Waals surface area contributed by atoms with Crippen LogP contribution in [0.15, 0.2) is 22.7 Å². The van der Waals surface area contributed by atoms with Crippen LogP contribution in [0.3, 0.4) is 0 Å². The van der Waals surface area contributed by atoms with Gasteiger partial charge >= 0.3 is 0 Å². The number of rotatable bonds is 2. The summed E-state index contributed by atoms with van der Waals surface area (Å²) in [6, 6.07) is 6.39. The van der Waals surface area contributed by atoms with E-state index in [-0.39, 0.29) is 11.5 Å². The fourth-order valence-electron chi connectivity index (χ4n) is 4.86. The molecule has 3 nitrogen and oxygen atoms in total. The Morgan fingerprint density at radius 3 is 2.86 bits per heavy atom. The molecule has 2 heterocycles. The molecule has 2 saturated heterocycles. The first kappa shape index (κ1) is 14.2. The Kier molecular flexibility index (Phi) is 3.23. The highest BCUT2D eigenvalue weighted by Gasteiger charge is 2.62. The standard InChI is InChI=1S/C17H22BrNO2/c18-13-2-1-12-8-17(20,6-5-11(12)7-13)16(10-19)9-14-3-4-15(16)21-14/h1-2,7,14-15,20H,3-6,8-10,19H2. The number of nitrogens with two attached hydrogens (primary N) is 1. The topological polar surface area (TPSA) is 55.5 Å². The van der Waals surface area contributed by atoms with Crippen molar-refractivity contribution in [3.8, 4) is 0 Å². The molecule has 2 fully saturated rings. The molecule has 0 radical (unpaired) electrons. The second-order valence-electron chi connectivity index (χ2n) is 7.01. The van der Waals surface area contributed by atoms with E-state index in [1.165, 1.54) is 11.1 Å². The van der Waals surface area contributed by atoms with Crippen molar-refractivity contribution in [2.45, 2.75) is 56.3 Å². The quantitative estimate of drug-likeness (QED) is 0.860. The van der Waals surface area contributed by atoms with Gasteiger partial charge in [0.1, 0.15) is 0 Å². The largest absolute Gasteiger partial charge is 0.389 e. The lowest BCUT2D eigenvalue weighted by molar-refractivity contribution is -0.119. The molecule has 0 amide bonds. The lowest BCUT2D eigenvalue weighted by Gasteiger charge is -2.50. The SMILES string of the molecule is NCC1(C2(O)CCc3cc(Br)ccc3C2)CC2CCC1O2. The monoisotopic (exact) mass is 351 g/mol. The van der Waals surface area contributed by atoms with E-state index < -0.39 is 5.60 Å². The summed E-state index contributed by atoms with van der Waals surface area (Å²) in [6.45, 7) is 0.524. The van der Waals surface area contributed by atoms with Crippen LogP contribution in [-0.2, 0) is 17.6 Å². The number of aryl methyl sites for hydroxylation is 1. The van der Waals surface area contributed by atoms with Gasteiger partial charge in [0.05, 0.1) is 17.8 Å². The van der Waals surface area contributed by atoms with Crippen molar-refractivity contribution < 1.29 is 9.84 Å². The molecule has 21 heavy (non-hydrogen) atoms. The molecule has 2 aliphatic heterocycles. The van der Waals surface area contributed by atoms with Gasteiger partial charge in [-0.3, -0.25) is 0 Å². The normalized spacial score (nSPS) is 41.3. The Hall–Kier alpha value is -0.420. The van der Waals surface area contributed by atoms with Gasteiger partial charge in [0.2, 0.25) is 0 Å². The van der Waals surface area contributed by atoms with E-state index in [2.05, 4.69) is 34.1 Å². The lowest BCUT2D eigenvalue weighted by atomic mass is 9.58. The molecule has 4 atom stereocenters. The minimum Gasteiger partial charge on any atom is -0.389 e. The first-order valence-electron chi connectivity index (χ1n) is 7.92. The lowest BCUT2D eigenvalue weighted by Crippen LogP contribution is -2.60. The Labute approximate surface area is 134 Å². The first-order chi connectivity index (χ1) is 10.1. The van der Waals surface area contributed by atoms with E-state index in [0.717, 1.165) is 36.6 Å². The van der Waals surface area contributed by atoms with Gasteiger partial charge in [-0.25, -0.2) is 0 Å². The van der Waals surface area contributed by atoms with Gasteiger partial charge in [0.15, 0.2) is 0 Å². The van der Waals surface area contributed by atoms with Gasteiger partial charge in [-0.05, 0) is 55.4 Å². The van der Waals surface area contributed by atoms with E-state index in [1.807, 2.05) is 0 Å². The zero-order valence-corrected chi connectivity index (χ0v) is 13.7. The molecule has 3 aliphatic rings. The summed E-state index contributed by atoms with van der Waals surface area (Å²) in [5.74, 6) is 0. The number of hydrogen-bond acceptors (Lipinski definition) is 3. The highest BCUT2D eigenvalue weighted by Crippen LogP contribution is 2.56. The molecule has 4 rings (SSSR count). The zero-order chi connectivity index (χ0) is 14.7. The van der Waals surface area contributed by atoms with E-state index in [9.17, 15) is 5.11 Å². The van der Waals surface area contributed by atoms with Crippen LogP contribution < -0.4 is 5.73 Å². The van der Waals surface area contributed by atoms with Gasteiger partial charge in [-0.1, -0.05) is 22.0 Å². The predicted octanol–water partition coefficient (Wildman–Crippen LogP) is 2.57. The summed E-state index contributed by atoms with van der Waals surface area (Å²) < 4.78 is 7.17. The summed E-state index contributed by atoms with van der Waals surface area (Å²) >= 11 is 3.53. The molecular formula is C17H22BrNO2.